The number of fused-ring (bicyclic) bond motifs is 1. The summed E-state index contributed by atoms with van der Waals surface area (Å²) in [5, 5.41) is 5.56. The van der Waals surface area contributed by atoms with E-state index >= 15 is 0 Å². The Labute approximate surface area is 99.3 Å². The number of aryl methyl sites for hydroxylation is 2. The van der Waals surface area contributed by atoms with Gasteiger partial charge in [0.25, 0.3) is 0 Å². The molecular formula is C14H24N2. The molecule has 90 valence electrons. The van der Waals surface area contributed by atoms with Gasteiger partial charge in [-0.2, -0.15) is 5.10 Å². The normalized spacial score (nSPS) is 8.88. The van der Waals surface area contributed by atoms with Gasteiger partial charge in [0, 0.05) is 18.6 Å². The van der Waals surface area contributed by atoms with Crippen LogP contribution in [-0.2, 0) is 13.5 Å². The molecule has 0 atom stereocenters. The molecule has 1 aromatic heterocycles. The average Bonchev–Trinajstić information content (AvgIpc) is 2.73. The summed E-state index contributed by atoms with van der Waals surface area (Å²) in [7, 11) is 1.95. The van der Waals surface area contributed by atoms with Crippen molar-refractivity contribution in [3.63, 3.8) is 0 Å². The van der Waals surface area contributed by atoms with Crippen LogP contribution in [0, 0.1) is 0 Å². The molecule has 0 saturated heterocycles. The molecule has 16 heavy (non-hydrogen) atoms. The summed E-state index contributed by atoms with van der Waals surface area (Å²) < 4.78 is 1.85. The molecule has 0 saturated carbocycles. The van der Waals surface area contributed by atoms with Crippen LogP contribution in [0.5, 0.6) is 0 Å². The minimum absolute atomic E-state index is 1.08. The fraction of sp³-hybridized carbons (Fsp3) is 0.500. The van der Waals surface area contributed by atoms with Crippen LogP contribution in [-0.4, -0.2) is 9.78 Å². The van der Waals surface area contributed by atoms with Crippen LogP contribution in [0.25, 0.3) is 10.9 Å². The minimum Gasteiger partial charge on any atom is -0.275 e. The van der Waals surface area contributed by atoms with Crippen LogP contribution < -0.4 is 0 Å². The van der Waals surface area contributed by atoms with Gasteiger partial charge in [0.15, 0.2) is 0 Å². The molecule has 0 radical (unpaired) electrons. The molecule has 2 aromatic rings. The zero-order valence-corrected chi connectivity index (χ0v) is 11.4. The second-order valence-corrected chi connectivity index (χ2v) is 3.05. The van der Waals surface area contributed by atoms with E-state index in [1.807, 2.05) is 45.6 Å². The highest BCUT2D eigenvalue weighted by molar-refractivity contribution is 5.78. The van der Waals surface area contributed by atoms with E-state index in [9.17, 15) is 0 Å². The van der Waals surface area contributed by atoms with Gasteiger partial charge in [-0.25, -0.2) is 0 Å². The molecular weight excluding hydrogens is 196 g/mol. The molecule has 0 bridgehead atoms. The summed E-state index contributed by atoms with van der Waals surface area (Å²) >= 11 is 0. The predicted octanol–water partition coefficient (Wildman–Crippen LogP) is 4.19. The fourth-order valence-corrected chi connectivity index (χ4v) is 1.41. The van der Waals surface area contributed by atoms with Crippen molar-refractivity contribution in [2.75, 3.05) is 0 Å². The first-order valence-electron chi connectivity index (χ1n) is 6.22. The molecule has 0 unspecified atom stereocenters. The molecule has 0 N–H and O–H groups in total. The first-order chi connectivity index (χ1) is 7.79. The van der Waals surface area contributed by atoms with Crippen LogP contribution in [0.1, 0.15) is 40.2 Å². The quantitative estimate of drug-likeness (QED) is 0.704. The Bertz CT molecular complexity index is 402. The second kappa shape index (κ2) is 7.91. The van der Waals surface area contributed by atoms with Crippen molar-refractivity contribution in [3.8, 4) is 0 Å². The highest BCUT2D eigenvalue weighted by atomic mass is 15.2. The van der Waals surface area contributed by atoms with E-state index in [1.54, 1.807) is 0 Å². The van der Waals surface area contributed by atoms with Gasteiger partial charge in [0.05, 0.1) is 5.52 Å². The topological polar surface area (TPSA) is 17.8 Å². The number of hydrogen-bond acceptors (Lipinski definition) is 1. The standard InChI is InChI=1S/C10H12N2.2C2H6/c1-3-8-4-5-9-7-12(2)11-10(9)6-8;2*1-2/h4-7H,3H2,1-2H3;2*1-2H3. The summed E-state index contributed by atoms with van der Waals surface area (Å²) in [6.07, 6.45) is 3.11. The molecule has 0 spiro atoms. The third kappa shape index (κ3) is 3.69. The lowest BCUT2D eigenvalue weighted by molar-refractivity contribution is 0.779. The monoisotopic (exact) mass is 220 g/mol. The first-order valence-corrected chi connectivity index (χ1v) is 6.22. The minimum atomic E-state index is 1.08. The van der Waals surface area contributed by atoms with Gasteiger partial charge in [0.2, 0.25) is 0 Å². The van der Waals surface area contributed by atoms with E-state index in [4.69, 9.17) is 0 Å². The first kappa shape index (κ1) is 14.7. The average molecular weight is 220 g/mol. The highest BCUT2D eigenvalue weighted by Gasteiger charge is 1.97. The maximum absolute atomic E-state index is 4.34. The lowest BCUT2D eigenvalue weighted by atomic mass is 10.1. The van der Waals surface area contributed by atoms with Gasteiger partial charge in [0.1, 0.15) is 0 Å². The number of rotatable bonds is 1. The third-order valence-corrected chi connectivity index (χ3v) is 2.09. The zero-order chi connectivity index (χ0) is 12.6. The van der Waals surface area contributed by atoms with Crippen molar-refractivity contribution in [2.24, 2.45) is 7.05 Å². The van der Waals surface area contributed by atoms with Gasteiger partial charge in [-0.3, -0.25) is 4.68 Å². The molecule has 1 heterocycles. The molecule has 0 aliphatic heterocycles. The van der Waals surface area contributed by atoms with Crippen LogP contribution in [0.15, 0.2) is 24.4 Å². The Hall–Kier alpha value is -1.31. The largest absolute Gasteiger partial charge is 0.275 e. The van der Waals surface area contributed by atoms with Crippen LogP contribution >= 0.6 is 0 Å². The Morgan fingerprint density at radius 1 is 1.12 bits per heavy atom. The maximum Gasteiger partial charge on any atom is 0.0925 e. The van der Waals surface area contributed by atoms with E-state index in [2.05, 4.69) is 30.2 Å². The third-order valence-electron chi connectivity index (χ3n) is 2.09. The van der Waals surface area contributed by atoms with E-state index in [-0.39, 0.29) is 0 Å². The SMILES string of the molecule is CC.CC.CCc1ccc2cn(C)nc2c1. The van der Waals surface area contributed by atoms with Crippen LogP contribution in [0.4, 0.5) is 0 Å². The number of aromatic nitrogens is 2. The number of benzene rings is 1. The zero-order valence-electron chi connectivity index (χ0n) is 11.4. The van der Waals surface area contributed by atoms with Gasteiger partial charge in [-0.15, -0.1) is 0 Å². The van der Waals surface area contributed by atoms with E-state index < -0.39 is 0 Å². The molecule has 1 aromatic carbocycles. The van der Waals surface area contributed by atoms with Crippen molar-refractivity contribution in [1.82, 2.24) is 9.78 Å². The maximum atomic E-state index is 4.34. The van der Waals surface area contributed by atoms with E-state index in [1.165, 1.54) is 10.9 Å². The molecule has 2 nitrogen and oxygen atoms in total. The number of hydrogen-bond donors (Lipinski definition) is 0. The molecule has 0 fully saturated rings. The lowest BCUT2D eigenvalue weighted by Crippen LogP contribution is -1.85. The van der Waals surface area contributed by atoms with Gasteiger partial charge in [-0.05, 0) is 18.1 Å². The molecule has 0 aliphatic carbocycles. The summed E-state index contributed by atoms with van der Waals surface area (Å²) in [5.74, 6) is 0. The molecule has 2 rings (SSSR count). The van der Waals surface area contributed by atoms with Crippen molar-refractivity contribution in [1.29, 1.82) is 0 Å². The summed E-state index contributed by atoms with van der Waals surface area (Å²) in [6.45, 7) is 10.2. The van der Waals surface area contributed by atoms with E-state index in [0.29, 0.717) is 0 Å². The van der Waals surface area contributed by atoms with Gasteiger partial charge >= 0.3 is 0 Å². The highest BCUT2D eigenvalue weighted by Crippen LogP contribution is 2.13. The lowest BCUT2D eigenvalue weighted by Gasteiger charge is -1.93. The van der Waals surface area contributed by atoms with Crippen LogP contribution in [0.2, 0.25) is 0 Å². The Balaban J connectivity index is 0.000000509. The summed E-state index contributed by atoms with van der Waals surface area (Å²) in [4.78, 5) is 0. The molecule has 0 amide bonds. The Morgan fingerprint density at radius 3 is 2.31 bits per heavy atom. The second-order valence-electron chi connectivity index (χ2n) is 3.05. The Kier molecular flexibility index (Phi) is 7.27. The van der Waals surface area contributed by atoms with Gasteiger partial charge in [-0.1, -0.05) is 46.8 Å². The predicted molar refractivity (Wildman–Crippen MR) is 72.8 cm³/mol. The van der Waals surface area contributed by atoms with Gasteiger partial charge < -0.3 is 0 Å². The summed E-state index contributed by atoms with van der Waals surface area (Å²) in [6, 6.07) is 6.43. The van der Waals surface area contributed by atoms with Crippen LogP contribution in [0.3, 0.4) is 0 Å². The van der Waals surface area contributed by atoms with Crippen molar-refractivity contribution in [3.05, 3.63) is 30.0 Å². The smallest absolute Gasteiger partial charge is 0.0925 e. The molecule has 0 aliphatic rings. The van der Waals surface area contributed by atoms with Crippen molar-refractivity contribution >= 4 is 10.9 Å². The fourth-order valence-electron chi connectivity index (χ4n) is 1.41. The molecule has 2 heteroatoms. The van der Waals surface area contributed by atoms with Crippen molar-refractivity contribution < 1.29 is 0 Å². The summed E-state index contributed by atoms with van der Waals surface area (Å²) in [5.41, 5.74) is 2.44. The van der Waals surface area contributed by atoms with Crippen molar-refractivity contribution in [2.45, 2.75) is 41.0 Å². The number of nitrogens with zero attached hydrogens (tertiary/aromatic N) is 2. The van der Waals surface area contributed by atoms with E-state index in [0.717, 1.165) is 11.9 Å². The Morgan fingerprint density at radius 2 is 1.75 bits per heavy atom.